The van der Waals surface area contributed by atoms with Crippen molar-refractivity contribution in [3.63, 3.8) is 0 Å². The van der Waals surface area contributed by atoms with Crippen molar-refractivity contribution in [3.05, 3.63) is 29.8 Å². The van der Waals surface area contributed by atoms with E-state index in [1.807, 2.05) is 12.1 Å². The molecule has 2 atom stereocenters. The molecule has 0 aliphatic rings. The Morgan fingerprint density at radius 2 is 1.75 bits per heavy atom. The lowest BCUT2D eigenvalue weighted by Gasteiger charge is -2.30. The van der Waals surface area contributed by atoms with Crippen LogP contribution in [0.15, 0.2) is 24.3 Å². The molecule has 20 heavy (non-hydrogen) atoms. The number of nitrogens with one attached hydrogen (secondary N) is 1. The first-order valence-electron chi connectivity index (χ1n) is 7.67. The van der Waals surface area contributed by atoms with Gasteiger partial charge in [-0.15, -0.1) is 0 Å². The highest BCUT2D eigenvalue weighted by atomic mass is 16.5. The van der Waals surface area contributed by atoms with Gasteiger partial charge in [-0.1, -0.05) is 39.8 Å². The summed E-state index contributed by atoms with van der Waals surface area (Å²) in [4.78, 5) is 0. The topological polar surface area (TPSA) is 21.3 Å². The molecule has 1 rings (SSSR count). The minimum atomic E-state index is 0.384. The minimum Gasteiger partial charge on any atom is -0.497 e. The Kier molecular flexibility index (Phi) is 6.54. The van der Waals surface area contributed by atoms with Gasteiger partial charge in [0.05, 0.1) is 7.11 Å². The molecule has 0 radical (unpaired) electrons. The van der Waals surface area contributed by atoms with Crippen molar-refractivity contribution in [1.29, 1.82) is 0 Å². The van der Waals surface area contributed by atoms with Crippen molar-refractivity contribution in [2.45, 2.75) is 53.0 Å². The summed E-state index contributed by atoms with van der Waals surface area (Å²) in [5.41, 5.74) is 1.77. The lowest BCUT2D eigenvalue weighted by atomic mass is 9.78. The fraction of sp³-hybridized carbons (Fsp3) is 0.667. The maximum absolute atomic E-state index is 5.19. The number of hydrogen-bond acceptors (Lipinski definition) is 2. The third kappa shape index (κ3) is 5.54. The fourth-order valence-corrected chi connectivity index (χ4v) is 2.29. The highest BCUT2D eigenvalue weighted by Gasteiger charge is 2.22. The Balaban J connectivity index is 2.48. The Morgan fingerprint density at radius 3 is 2.20 bits per heavy atom. The molecule has 2 heteroatoms. The first kappa shape index (κ1) is 17.0. The first-order valence-corrected chi connectivity index (χ1v) is 7.67. The molecule has 0 saturated carbocycles. The lowest BCUT2D eigenvalue weighted by Crippen LogP contribution is -2.31. The number of hydrogen-bond donors (Lipinski definition) is 1. The zero-order valence-electron chi connectivity index (χ0n) is 14.0. The van der Waals surface area contributed by atoms with Crippen molar-refractivity contribution in [1.82, 2.24) is 5.32 Å². The van der Waals surface area contributed by atoms with E-state index < -0.39 is 0 Å². The third-order valence-electron chi connectivity index (χ3n) is 4.47. The zero-order valence-corrected chi connectivity index (χ0v) is 14.0. The molecule has 0 aliphatic heterocycles. The van der Waals surface area contributed by atoms with Gasteiger partial charge in [-0.2, -0.15) is 0 Å². The normalized spacial score (nSPS) is 14.9. The van der Waals surface area contributed by atoms with Gasteiger partial charge in [0, 0.05) is 6.04 Å². The smallest absolute Gasteiger partial charge is 0.118 e. The monoisotopic (exact) mass is 277 g/mol. The van der Waals surface area contributed by atoms with Gasteiger partial charge in [-0.3, -0.25) is 0 Å². The summed E-state index contributed by atoms with van der Waals surface area (Å²) in [6.07, 6.45) is 3.53. The number of aryl methyl sites for hydroxylation is 1. The van der Waals surface area contributed by atoms with E-state index >= 15 is 0 Å². The highest BCUT2D eigenvalue weighted by Crippen LogP contribution is 2.29. The van der Waals surface area contributed by atoms with Crippen LogP contribution in [0.4, 0.5) is 0 Å². The number of rotatable bonds is 7. The van der Waals surface area contributed by atoms with Crippen molar-refractivity contribution in [2.75, 3.05) is 14.2 Å². The summed E-state index contributed by atoms with van der Waals surface area (Å²) in [5.74, 6) is 1.65. The maximum atomic E-state index is 5.19. The minimum absolute atomic E-state index is 0.384. The predicted molar refractivity (Wildman–Crippen MR) is 87.4 cm³/mol. The second kappa shape index (κ2) is 7.68. The van der Waals surface area contributed by atoms with Crippen LogP contribution in [0.2, 0.25) is 0 Å². The molecule has 0 heterocycles. The molecule has 1 aromatic carbocycles. The van der Waals surface area contributed by atoms with Gasteiger partial charge in [0.15, 0.2) is 0 Å². The average Bonchev–Trinajstić information content (AvgIpc) is 2.42. The molecule has 0 amide bonds. The average molecular weight is 277 g/mol. The van der Waals surface area contributed by atoms with Crippen LogP contribution in [0.5, 0.6) is 5.75 Å². The summed E-state index contributed by atoms with van der Waals surface area (Å²) < 4.78 is 5.19. The standard InChI is InChI=1S/C18H31NO/c1-14(18(2,3)4)13-16(19-5)10-7-15-8-11-17(20-6)12-9-15/h8-9,11-12,14,16,19H,7,10,13H2,1-6H3. The van der Waals surface area contributed by atoms with E-state index in [4.69, 9.17) is 4.74 Å². The molecule has 1 aromatic rings. The maximum Gasteiger partial charge on any atom is 0.118 e. The quantitative estimate of drug-likeness (QED) is 0.803. The summed E-state index contributed by atoms with van der Waals surface area (Å²) in [6.45, 7) is 9.34. The second-order valence-electron chi connectivity index (χ2n) is 6.88. The van der Waals surface area contributed by atoms with Gasteiger partial charge in [-0.05, 0) is 55.3 Å². The molecule has 0 spiro atoms. The molecule has 0 aliphatic carbocycles. The van der Waals surface area contributed by atoms with Gasteiger partial charge < -0.3 is 10.1 Å². The molecule has 114 valence electrons. The van der Waals surface area contributed by atoms with Gasteiger partial charge in [-0.25, -0.2) is 0 Å². The van der Waals surface area contributed by atoms with E-state index in [0.717, 1.165) is 18.1 Å². The Hall–Kier alpha value is -1.02. The van der Waals surface area contributed by atoms with Gasteiger partial charge in [0.1, 0.15) is 5.75 Å². The zero-order chi connectivity index (χ0) is 15.2. The molecule has 2 unspecified atom stereocenters. The molecule has 0 fully saturated rings. The van der Waals surface area contributed by atoms with Crippen LogP contribution < -0.4 is 10.1 Å². The molecular formula is C18H31NO. The SMILES string of the molecule is CNC(CCc1ccc(OC)cc1)CC(C)C(C)(C)C. The molecular weight excluding hydrogens is 246 g/mol. The Bertz CT molecular complexity index is 377. The van der Waals surface area contributed by atoms with Crippen LogP contribution >= 0.6 is 0 Å². The number of methoxy groups -OCH3 is 1. The number of ether oxygens (including phenoxy) is 1. The van der Waals surface area contributed by atoms with E-state index in [1.54, 1.807) is 7.11 Å². The highest BCUT2D eigenvalue weighted by molar-refractivity contribution is 5.27. The molecule has 2 nitrogen and oxygen atoms in total. The van der Waals surface area contributed by atoms with Crippen molar-refractivity contribution in [3.8, 4) is 5.75 Å². The number of benzene rings is 1. The van der Waals surface area contributed by atoms with E-state index in [9.17, 15) is 0 Å². The van der Waals surface area contributed by atoms with E-state index in [1.165, 1.54) is 18.4 Å². The summed E-state index contributed by atoms with van der Waals surface area (Å²) in [7, 11) is 3.79. The molecule has 1 N–H and O–H groups in total. The lowest BCUT2D eigenvalue weighted by molar-refractivity contribution is 0.222. The van der Waals surface area contributed by atoms with Crippen molar-refractivity contribution in [2.24, 2.45) is 11.3 Å². The van der Waals surface area contributed by atoms with Crippen LogP contribution in [-0.2, 0) is 6.42 Å². The fourth-order valence-electron chi connectivity index (χ4n) is 2.29. The summed E-state index contributed by atoms with van der Waals surface area (Å²) >= 11 is 0. The summed E-state index contributed by atoms with van der Waals surface area (Å²) in [6, 6.07) is 9.01. The van der Waals surface area contributed by atoms with Crippen LogP contribution in [0, 0.1) is 11.3 Å². The molecule has 0 aromatic heterocycles. The summed E-state index contributed by atoms with van der Waals surface area (Å²) in [5, 5.41) is 3.47. The van der Waals surface area contributed by atoms with Crippen LogP contribution in [-0.4, -0.2) is 20.2 Å². The largest absolute Gasteiger partial charge is 0.497 e. The van der Waals surface area contributed by atoms with Crippen molar-refractivity contribution < 1.29 is 4.74 Å². The van der Waals surface area contributed by atoms with Gasteiger partial charge >= 0.3 is 0 Å². The van der Waals surface area contributed by atoms with Crippen LogP contribution in [0.25, 0.3) is 0 Å². The molecule has 0 saturated heterocycles. The first-order chi connectivity index (χ1) is 9.36. The van der Waals surface area contributed by atoms with Crippen LogP contribution in [0.1, 0.15) is 46.1 Å². The van der Waals surface area contributed by atoms with Crippen molar-refractivity contribution >= 4 is 0 Å². The second-order valence-corrected chi connectivity index (χ2v) is 6.88. The van der Waals surface area contributed by atoms with Gasteiger partial charge in [0.2, 0.25) is 0 Å². The Labute approximate surface area is 124 Å². The third-order valence-corrected chi connectivity index (χ3v) is 4.47. The predicted octanol–water partition coefficient (Wildman–Crippen LogP) is 4.29. The molecule has 0 bridgehead atoms. The Morgan fingerprint density at radius 1 is 1.15 bits per heavy atom. The van der Waals surface area contributed by atoms with Crippen LogP contribution in [0.3, 0.4) is 0 Å². The van der Waals surface area contributed by atoms with E-state index in [-0.39, 0.29) is 0 Å². The van der Waals surface area contributed by atoms with E-state index in [2.05, 4.69) is 52.2 Å². The van der Waals surface area contributed by atoms with Gasteiger partial charge in [0.25, 0.3) is 0 Å². The van der Waals surface area contributed by atoms with E-state index in [0.29, 0.717) is 11.5 Å².